The molecule has 0 bridgehead atoms. The van der Waals surface area contributed by atoms with E-state index in [4.69, 9.17) is 14.5 Å². The van der Waals surface area contributed by atoms with E-state index in [9.17, 15) is 0 Å². The molecule has 5 nitrogen and oxygen atoms in total. The Morgan fingerprint density at radius 3 is 3.27 bits per heavy atom. The number of imidazole rings is 1. The summed E-state index contributed by atoms with van der Waals surface area (Å²) in [5.74, 6) is 0.331. The molecule has 0 spiro atoms. The molecule has 1 atom stereocenters. The lowest BCUT2D eigenvalue weighted by atomic mass is 10.1. The van der Waals surface area contributed by atoms with Crippen LogP contribution in [0.5, 0.6) is 6.01 Å². The van der Waals surface area contributed by atoms with Crippen LogP contribution in [0.3, 0.4) is 0 Å². The van der Waals surface area contributed by atoms with Crippen LogP contribution in [-0.2, 0) is 16.3 Å². The first-order chi connectivity index (χ1) is 7.29. The third-order valence-electron chi connectivity index (χ3n) is 2.27. The third-order valence-corrected chi connectivity index (χ3v) is 2.27. The molecule has 5 heteroatoms. The van der Waals surface area contributed by atoms with Crippen molar-refractivity contribution in [3.63, 3.8) is 0 Å². The molecule has 84 valence electrons. The lowest BCUT2D eigenvalue weighted by Gasteiger charge is -2.23. The Labute approximate surface area is 88.9 Å². The van der Waals surface area contributed by atoms with Crippen molar-refractivity contribution in [1.82, 2.24) is 9.55 Å². The molecule has 0 fully saturated rings. The fourth-order valence-electron chi connectivity index (χ4n) is 1.62. The zero-order valence-electron chi connectivity index (χ0n) is 9.10. The number of rotatable bonds is 4. The first-order valence-electron chi connectivity index (χ1n) is 5.20. The molecule has 1 aliphatic heterocycles. The minimum Gasteiger partial charge on any atom is -0.464 e. The van der Waals surface area contributed by atoms with Gasteiger partial charge in [0.15, 0.2) is 0 Å². The molecule has 0 saturated carbocycles. The van der Waals surface area contributed by atoms with E-state index in [2.05, 4.69) is 4.98 Å². The fourth-order valence-corrected chi connectivity index (χ4v) is 1.62. The molecule has 1 unspecified atom stereocenters. The van der Waals surface area contributed by atoms with E-state index in [1.165, 1.54) is 0 Å². The van der Waals surface area contributed by atoms with Gasteiger partial charge in [0.2, 0.25) is 0 Å². The Morgan fingerprint density at radius 1 is 1.60 bits per heavy atom. The maximum Gasteiger partial charge on any atom is 0.296 e. The summed E-state index contributed by atoms with van der Waals surface area (Å²) in [5, 5.41) is 0. The number of ether oxygens (including phenoxy) is 1. The summed E-state index contributed by atoms with van der Waals surface area (Å²) in [6.45, 7) is 6.51. The minimum absolute atomic E-state index is 0.331. The maximum atomic E-state index is 5.50. The summed E-state index contributed by atoms with van der Waals surface area (Å²) >= 11 is 0. The van der Waals surface area contributed by atoms with Crippen molar-refractivity contribution >= 4 is 0 Å². The molecule has 0 aliphatic carbocycles. The van der Waals surface area contributed by atoms with Crippen LogP contribution in [0.4, 0.5) is 0 Å². The van der Waals surface area contributed by atoms with Gasteiger partial charge in [-0.1, -0.05) is 0 Å². The second-order valence-corrected chi connectivity index (χ2v) is 3.69. The molecular weight excluding hydrogens is 196 g/mol. The Balaban J connectivity index is 1.88. The SMILES string of the molecule is CCOOCC1COc2nc(C)cn2C1. The van der Waals surface area contributed by atoms with Gasteiger partial charge in [0, 0.05) is 18.7 Å². The van der Waals surface area contributed by atoms with Crippen molar-refractivity contribution in [1.29, 1.82) is 0 Å². The molecule has 0 saturated heterocycles. The number of aryl methyl sites for hydroxylation is 1. The lowest BCUT2D eigenvalue weighted by Crippen LogP contribution is -2.28. The highest BCUT2D eigenvalue weighted by Crippen LogP contribution is 2.20. The first-order valence-corrected chi connectivity index (χ1v) is 5.20. The van der Waals surface area contributed by atoms with E-state index in [1.807, 2.05) is 24.6 Å². The molecule has 1 aliphatic rings. The van der Waals surface area contributed by atoms with Crippen LogP contribution in [0.2, 0.25) is 0 Å². The van der Waals surface area contributed by atoms with Crippen molar-refractivity contribution in [2.45, 2.75) is 20.4 Å². The van der Waals surface area contributed by atoms with Gasteiger partial charge in [-0.25, -0.2) is 14.8 Å². The first kappa shape index (κ1) is 10.4. The van der Waals surface area contributed by atoms with Crippen LogP contribution in [-0.4, -0.2) is 29.4 Å². The largest absolute Gasteiger partial charge is 0.464 e. The molecule has 0 N–H and O–H groups in total. The average molecular weight is 212 g/mol. The molecule has 2 heterocycles. The molecule has 1 aromatic heterocycles. The van der Waals surface area contributed by atoms with E-state index < -0.39 is 0 Å². The number of fused-ring (bicyclic) bond motifs is 1. The van der Waals surface area contributed by atoms with Gasteiger partial charge in [-0.05, 0) is 13.8 Å². The maximum absolute atomic E-state index is 5.50. The zero-order valence-corrected chi connectivity index (χ0v) is 9.10. The highest BCUT2D eigenvalue weighted by atomic mass is 17.2. The molecular formula is C10H16N2O3. The van der Waals surface area contributed by atoms with Gasteiger partial charge in [0.1, 0.15) is 0 Å². The van der Waals surface area contributed by atoms with E-state index in [0.29, 0.717) is 31.7 Å². The summed E-state index contributed by atoms with van der Waals surface area (Å²) < 4.78 is 7.52. The molecule has 2 rings (SSSR count). The van der Waals surface area contributed by atoms with Crippen LogP contribution in [0.25, 0.3) is 0 Å². The Morgan fingerprint density at radius 2 is 2.47 bits per heavy atom. The summed E-state index contributed by atoms with van der Waals surface area (Å²) in [4.78, 5) is 14.1. The monoisotopic (exact) mass is 212 g/mol. The van der Waals surface area contributed by atoms with Gasteiger partial charge in [-0.2, -0.15) is 0 Å². The second kappa shape index (κ2) is 4.63. The highest BCUT2D eigenvalue weighted by Gasteiger charge is 2.21. The highest BCUT2D eigenvalue weighted by molar-refractivity contribution is 5.08. The van der Waals surface area contributed by atoms with Crippen molar-refractivity contribution < 1.29 is 14.5 Å². The van der Waals surface area contributed by atoms with E-state index in [0.717, 1.165) is 12.2 Å². The van der Waals surface area contributed by atoms with Gasteiger partial charge < -0.3 is 9.30 Å². The summed E-state index contributed by atoms with van der Waals surface area (Å²) in [7, 11) is 0. The van der Waals surface area contributed by atoms with Crippen molar-refractivity contribution in [3.05, 3.63) is 11.9 Å². The number of hydrogen-bond acceptors (Lipinski definition) is 4. The summed E-state index contributed by atoms with van der Waals surface area (Å²) in [5.41, 5.74) is 0.983. The van der Waals surface area contributed by atoms with Gasteiger partial charge in [0.25, 0.3) is 6.01 Å². The number of aromatic nitrogens is 2. The topological polar surface area (TPSA) is 45.5 Å². The number of nitrogens with zero attached hydrogens (tertiary/aromatic N) is 2. The molecule has 0 aromatic carbocycles. The van der Waals surface area contributed by atoms with Crippen LogP contribution in [0, 0.1) is 12.8 Å². The Bertz CT molecular complexity index is 324. The molecule has 0 radical (unpaired) electrons. The minimum atomic E-state index is 0.331. The van der Waals surface area contributed by atoms with E-state index >= 15 is 0 Å². The smallest absolute Gasteiger partial charge is 0.296 e. The van der Waals surface area contributed by atoms with Crippen LogP contribution >= 0.6 is 0 Å². The lowest BCUT2D eigenvalue weighted by molar-refractivity contribution is -0.300. The van der Waals surface area contributed by atoms with Crippen LogP contribution in [0.15, 0.2) is 6.20 Å². The van der Waals surface area contributed by atoms with Gasteiger partial charge in [0.05, 0.1) is 25.5 Å². The van der Waals surface area contributed by atoms with Crippen molar-refractivity contribution in [3.8, 4) is 6.01 Å². The summed E-state index contributed by atoms with van der Waals surface area (Å²) in [6, 6.07) is 0.708. The summed E-state index contributed by atoms with van der Waals surface area (Å²) in [6.07, 6.45) is 1.99. The Kier molecular flexibility index (Phi) is 3.23. The van der Waals surface area contributed by atoms with Gasteiger partial charge in [-0.3, -0.25) is 0 Å². The number of hydrogen-bond donors (Lipinski definition) is 0. The standard InChI is InChI=1S/C10H16N2O3/c1-3-14-15-7-9-5-12-4-8(2)11-10(12)13-6-9/h4,9H,3,5-7H2,1-2H3. The third kappa shape index (κ3) is 2.49. The van der Waals surface area contributed by atoms with Crippen molar-refractivity contribution in [2.24, 2.45) is 5.92 Å². The average Bonchev–Trinajstić information content (AvgIpc) is 2.57. The molecule has 15 heavy (non-hydrogen) atoms. The van der Waals surface area contributed by atoms with E-state index in [1.54, 1.807) is 0 Å². The van der Waals surface area contributed by atoms with Gasteiger partial charge >= 0.3 is 0 Å². The second-order valence-electron chi connectivity index (χ2n) is 3.69. The predicted octanol–water partition coefficient (Wildman–Crippen LogP) is 1.17. The van der Waals surface area contributed by atoms with Crippen LogP contribution in [0.1, 0.15) is 12.6 Å². The fraction of sp³-hybridized carbons (Fsp3) is 0.700. The predicted molar refractivity (Wildman–Crippen MR) is 53.5 cm³/mol. The van der Waals surface area contributed by atoms with Gasteiger partial charge in [-0.15, -0.1) is 0 Å². The van der Waals surface area contributed by atoms with E-state index in [-0.39, 0.29) is 0 Å². The quantitative estimate of drug-likeness (QED) is 0.427. The van der Waals surface area contributed by atoms with Crippen LogP contribution < -0.4 is 4.74 Å². The normalized spacial score (nSPS) is 19.7. The Hall–Kier alpha value is -1.07. The molecule has 0 amide bonds. The zero-order chi connectivity index (χ0) is 10.7. The van der Waals surface area contributed by atoms with Crippen molar-refractivity contribution in [2.75, 3.05) is 19.8 Å². The molecule has 1 aromatic rings.